The summed E-state index contributed by atoms with van der Waals surface area (Å²) in [6.07, 6.45) is 8.89. The van der Waals surface area contributed by atoms with Crippen LogP contribution in [0.5, 0.6) is 0 Å². The number of imidazole rings is 1. The Morgan fingerprint density at radius 3 is 2.72 bits per heavy atom. The van der Waals surface area contributed by atoms with Gasteiger partial charge in [-0.05, 0) is 39.3 Å². The molecule has 0 aromatic carbocycles. The molecule has 0 amide bonds. The highest BCUT2D eigenvalue weighted by Crippen LogP contribution is 2.20. The Morgan fingerprint density at radius 1 is 1.33 bits per heavy atom. The molecule has 4 nitrogen and oxygen atoms in total. The summed E-state index contributed by atoms with van der Waals surface area (Å²) in [7, 11) is 0. The monoisotopic (exact) mass is 250 g/mol. The van der Waals surface area contributed by atoms with Gasteiger partial charge in [0.1, 0.15) is 0 Å². The van der Waals surface area contributed by atoms with Gasteiger partial charge >= 0.3 is 0 Å². The molecular formula is C14H26N4. The topological polar surface area (TPSA) is 47.1 Å². The van der Waals surface area contributed by atoms with E-state index in [0.29, 0.717) is 6.04 Å². The van der Waals surface area contributed by atoms with E-state index < -0.39 is 0 Å². The first-order chi connectivity index (χ1) is 8.72. The van der Waals surface area contributed by atoms with Crippen molar-refractivity contribution in [1.82, 2.24) is 14.5 Å². The molecule has 4 heteroatoms. The van der Waals surface area contributed by atoms with Crippen molar-refractivity contribution >= 4 is 0 Å². The summed E-state index contributed by atoms with van der Waals surface area (Å²) in [5.74, 6) is 0. The summed E-state index contributed by atoms with van der Waals surface area (Å²) in [6, 6.07) is 0.564. The van der Waals surface area contributed by atoms with Crippen molar-refractivity contribution in [1.29, 1.82) is 0 Å². The van der Waals surface area contributed by atoms with Crippen LogP contribution < -0.4 is 5.73 Å². The van der Waals surface area contributed by atoms with Crippen molar-refractivity contribution in [2.75, 3.05) is 19.6 Å². The van der Waals surface area contributed by atoms with Crippen LogP contribution in [-0.2, 0) is 0 Å². The predicted octanol–water partition coefficient (Wildman–Crippen LogP) is 2.34. The van der Waals surface area contributed by atoms with E-state index in [1.54, 1.807) is 0 Å². The van der Waals surface area contributed by atoms with Gasteiger partial charge in [-0.25, -0.2) is 4.98 Å². The van der Waals surface area contributed by atoms with Crippen LogP contribution in [0.3, 0.4) is 0 Å². The average molecular weight is 250 g/mol. The first-order valence-electron chi connectivity index (χ1n) is 7.22. The van der Waals surface area contributed by atoms with E-state index in [4.69, 9.17) is 5.73 Å². The van der Waals surface area contributed by atoms with Gasteiger partial charge in [-0.15, -0.1) is 0 Å². The van der Waals surface area contributed by atoms with Gasteiger partial charge in [0.2, 0.25) is 0 Å². The molecule has 1 aliphatic rings. The zero-order chi connectivity index (χ0) is 13.0. The molecule has 1 fully saturated rings. The molecule has 1 saturated heterocycles. The van der Waals surface area contributed by atoms with Crippen molar-refractivity contribution in [3.05, 3.63) is 18.2 Å². The van der Waals surface area contributed by atoms with Crippen LogP contribution in [0.4, 0.5) is 0 Å². The molecule has 2 heterocycles. The maximum absolute atomic E-state index is 6.14. The molecule has 0 bridgehead atoms. The molecule has 1 unspecified atom stereocenters. The second-order valence-electron chi connectivity index (χ2n) is 5.45. The summed E-state index contributed by atoms with van der Waals surface area (Å²) in [6.45, 7) is 7.99. The highest BCUT2D eigenvalue weighted by atomic mass is 15.2. The summed E-state index contributed by atoms with van der Waals surface area (Å²) in [5, 5.41) is 0. The minimum Gasteiger partial charge on any atom is -0.329 e. The Balaban J connectivity index is 1.99. The number of aromatic nitrogens is 2. The standard InChI is InChI=1S/C14H26N4/c1-3-13(15)14-9-16-11-18(14)12(2)10-17-7-5-4-6-8-17/h9,11-13H,3-8,10,15H2,1-2H3/t12?,13-/m1/s1. The van der Waals surface area contributed by atoms with Crippen molar-refractivity contribution in [2.24, 2.45) is 5.73 Å². The Kier molecular flexibility index (Phi) is 4.78. The van der Waals surface area contributed by atoms with Crippen LogP contribution in [-0.4, -0.2) is 34.1 Å². The first kappa shape index (κ1) is 13.6. The maximum Gasteiger partial charge on any atom is 0.0951 e. The summed E-state index contributed by atoms with van der Waals surface area (Å²) >= 11 is 0. The van der Waals surface area contributed by atoms with E-state index in [0.717, 1.165) is 13.0 Å². The Labute approximate surface area is 110 Å². The number of likely N-dealkylation sites (tertiary alicyclic amines) is 1. The van der Waals surface area contributed by atoms with Gasteiger partial charge in [0, 0.05) is 24.8 Å². The lowest BCUT2D eigenvalue weighted by molar-refractivity contribution is 0.200. The molecular weight excluding hydrogens is 224 g/mol. The minimum atomic E-state index is 0.108. The highest BCUT2D eigenvalue weighted by molar-refractivity contribution is 5.05. The molecule has 18 heavy (non-hydrogen) atoms. The fraction of sp³-hybridized carbons (Fsp3) is 0.786. The molecule has 0 radical (unpaired) electrons. The lowest BCUT2D eigenvalue weighted by Crippen LogP contribution is -2.34. The summed E-state index contributed by atoms with van der Waals surface area (Å²) < 4.78 is 2.25. The maximum atomic E-state index is 6.14. The number of rotatable bonds is 5. The number of nitrogens with two attached hydrogens (primary N) is 1. The third kappa shape index (κ3) is 3.12. The average Bonchev–Trinajstić information content (AvgIpc) is 2.88. The van der Waals surface area contributed by atoms with E-state index in [2.05, 4.69) is 28.3 Å². The van der Waals surface area contributed by atoms with E-state index in [1.165, 1.54) is 38.0 Å². The lowest BCUT2D eigenvalue weighted by Gasteiger charge is -2.30. The van der Waals surface area contributed by atoms with Crippen molar-refractivity contribution < 1.29 is 0 Å². The van der Waals surface area contributed by atoms with E-state index in [9.17, 15) is 0 Å². The van der Waals surface area contributed by atoms with Gasteiger partial charge in [0.05, 0.1) is 12.0 Å². The number of piperidine rings is 1. The molecule has 0 aliphatic carbocycles. The molecule has 2 rings (SSSR count). The predicted molar refractivity (Wildman–Crippen MR) is 74.4 cm³/mol. The van der Waals surface area contributed by atoms with E-state index in [1.807, 2.05) is 12.5 Å². The van der Waals surface area contributed by atoms with Crippen LogP contribution in [0.25, 0.3) is 0 Å². The zero-order valence-corrected chi connectivity index (χ0v) is 11.7. The number of hydrogen-bond donors (Lipinski definition) is 1. The molecule has 1 aromatic rings. The first-order valence-corrected chi connectivity index (χ1v) is 7.22. The van der Waals surface area contributed by atoms with Gasteiger partial charge in [0.25, 0.3) is 0 Å². The molecule has 2 atom stereocenters. The van der Waals surface area contributed by atoms with Crippen LogP contribution in [0.2, 0.25) is 0 Å². The van der Waals surface area contributed by atoms with Crippen molar-refractivity contribution in [2.45, 2.75) is 51.6 Å². The number of nitrogens with zero attached hydrogens (tertiary/aromatic N) is 3. The fourth-order valence-electron chi connectivity index (χ4n) is 2.78. The Hall–Kier alpha value is -0.870. The minimum absolute atomic E-state index is 0.108. The van der Waals surface area contributed by atoms with E-state index >= 15 is 0 Å². The lowest BCUT2D eigenvalue weighted by atomic mass is 10.1. The third-order valence-corrected chi connectivity index (χ3v) is 3.96. The largest absolute Gasteiger partial charge is 0.329 e. The molecule has 1 aliphatic heterocycles. The smallest absolute Gasteiger partial charge is 0.0951 e. The normalized spacial score (nSPS) is 20.8. The number of hydrogen-bond acceptors (Lipinski definition) is 3. The SMILES string of the molecule is CC[C@@H](N)c1cncn1C(C)CN1CCCCC1. The summed E-state index contributed by atoms with van der Waals surface area (Å²) in [4.78, 5) is 6.83. The second-order valence-corrected chi connectivity index (χ2v) is 5.45. The fourth-order valence-corrected chi connectivity index (χ4v) is 2.78. The van der Waals surface area contributed by atoms with Crippen LogP contribution >= 0.6 is 0 Å². The quantitative estimate of drug-likeness (QED) is 0.872. The molecule has 102 valence electrons. The van der Waals surface area contributed by atoms with Gasteiger partial charge in [-0.2, -0.15) is 0 Å². The molecule has 0 saturated carbocycles. The van der Waals surface area contributed by atoms with Crippen LogP contribution in [0.15, 0.2) is 12.5 Å². The van der Waals surface area contributed by atoms with Crippen molar-refractivity contribution in [3.63, 3.8) is 0 Å². The van der Waals surface area contributed by atoms with Crippen molar-refractivity contribution in [3.8, 4) is 0 Å². The molecule has 1 aromatic heterocycles. The third-order valence-electron chi connectivity index (χ3n) is 3.96. The second kappa shape index (κ2) is 6.34. The van der Waals surface area contributed by atoms with E-state index in [-0.39, 0.29) is 6.04 Å². The van der Waals surface area contributed by atoms with Crippen LogP contribution in [0.1, 0.15) is 57.3 Å². The molecule has 2 N–H and O–H groups in total. The Bertz CT molecular complexity index is 354. The van der Waals surface area contributed by atoms with Gasteiger partial charge < -0.3 is 15.2 Å². The summed E-state index contributed by atoms with van der Waals surface area (Å²) in [5.41, 5.74) is 7.30. The van der Waals surface area contributed by atoms with Gasteiger partial charge in [-0.3, -0.25) is 0 Å². The Morgan fingerprint density at radius 2 is 2.06 bits per heavy atom. The zero-order valence-electron chi connectivity index (χ0n) is 11.7. The van der Waals surface area contributed by atoms with Gasteiger partial charge in [0.15, 0.2) is 0 Å². The highest BCUT2D eigenvalue weighted by Gasteiger charge is 2.18. The molecule has 0 spiro atoms. The van der Waals surface area contributed by atoms with Crippen LogP contribution in [0, 0.1) is 0 Å². The van der Waals surface area contributed by atoms with Gasteiger partial charge in [-0.1, -0.05) is 13.3 Å².